The number of hydrogen-bond acceptors (Lipinski definition) is 4. The first-order valence-electron chi connectivity index (χ1n) is 6.85. The summed E-state index contributed by atoms with van der Waals surface area (Å²) in [5.74, 6) is -0.668. The summed E-state index contributed by atoms with van der Waals surface area (Å²) in [6.45, 7) is 0. The molecular weight excluding hydrogens is 298 g/mol. The summed E-state index contributed by atoms with van der Waals surface area (Å²) in [6.07, 6.45) is 0.245. The Hall–Kier alpha value is -3.22. The third kappa shape index (κ3) is 4.13. The normalized spacial score (nSPS) is 9.96. The number of benzene rings is 2. The molecule has 2 aromatic rings. The summed E-state index contributed by atoms with van der Waals surface area (Å²) in [4.78, 5) is 33.8. The summed E-state index contributed by atoms with van der Waals surface area (Å²) < 4.78 is 0. The summed E-state index contributed by atoms with van der Waals surface area (Å²) >= 11 is 0. The number of carbonyl (C=O) groups is 2. The molecule has 118 valence electrons. The van der Waals surface area contributed by atoms with Crippen LogP contribution in [0.1, 0.15) is 15.9 Å². The molecule has 2 N–H and O–H groups in total. The third-order valence-electron chi connectivity index (χ3n) is 3.20. The molecule has 0 aliphatic rings. The minimum absolute atomic E-state index is 0.00747. The number of nitro groups is 1. The largest absolute Gasteiger partial charge is 0.359 e. The van der Waals surface area contributed by atoms with Gasteiger partial charge in [0.1, 0.15) is 5.56 Å². The van der Waals surface area contributed by atoms with Gasteiger partial charge in [0, 0.05) is 18.8 Å². The van der Waals surface area contributed by atoms with Crippen LogP contribution in [0, 0.1) is 10.1 Å². The van der Waals surface area contributed by atoms with Gasteiger partial charge in [-0.1, -0.05) is 24.3 Å². The first kappa shape index (κ1) is 16.2. The fourth-order valence-corrected chi connectivity index (χ4v) is 2.00. The van der Waals surface area contributed by atoms with E-state index in [1.165, 1.54) is 18.2 Å². The maximum Gasteiger partial charge on any atom is 0.282 e. The highest BCUT2D eigenvalue weighted by molar-refractivity contribution is 6.07. The van der Waals surface area contributed by atoms with Crippen molar-refractivity contribution in [3.05, 3.63) is 69.8 Å². The van der Waals surface area contributed by atoms with Crippen molar-refractivity contribution in [3.63, 3.8) is 0 Å². The van der Waals surface area contributed by atoms with Crippen LogP contribution in [0.25, 0.3) is 0 Å². The molecule has 2 amide bonds. The molecule has 7 heteroatoms. The van der Waals surface area contributed by atoms with Gasteiger partial charge in [-0.3, -0.25) is 19.7 Å². The van der Waals surface area contributed by atoms with E-state index in [0.29, 0.717) is 5.69 Å². The number of amides is 2. The Morgan fingerprint density at radius 2 is 1.74 bits per heavy atom. The molecular formula is C16H15N3O4. The van der Waals surface area contributed by atoms with Gasteiger partial charge < -0.3 is 10.6 Å². The molecule has 0 heterocycles. The predicted octanol–water partition coefficient (Wildman–Crippen LogP) is 2.14. The van der Waals surface area contributed by atoms with E-state index in [4.69, 9.17) is 0 Å². The molecule has 2 aromatic carbocycles. The van der Waals surface area contributed by atoms with Crippen molar-refractivity contribution in [2.75, 3.05) is 12.4 Å². The number of nitrogens with one attached hydrogen (secondary N) is 2. The third-order valence-corrected chi connectivity index (χ3v) is 3.20. The quantitative estimate of drug-likeness (QED) is 0.652. The monoisotopic (exact) mass is 313 g/mol. The highest BCUT2D eigenvalue weighted by atomic mass is 16.6. The fourth-order valence-electron chi connectivity index (χ4n) is 2.00. The number of carbonyl (C=O) groups excluding carboxylic acids is 2. The average molecular weight is 313 g/mol. The highest BCUT2D eigenvalue weighted by Gasteiger charge is 2.19. The number of hydrogen-bond donors (Lipinski definition) is 2. The zero-order chi connectivity index (χ0) is 16.8. The Morgan fingerprint density at radius 1 is 1.09 bits per heavy atom. The van der Waals surface area contributed by atoms with E-state index in [-0.39, 0.29) is 23.6 Å². The number of nitrogens with zero attached hydrogens (tertiary/aromatic N) is 1. The zero-order valence-corrected chi connectivity index (χ0v) is 12.4. The predicted molar refractivity (Wildman–Crippen MR) is 85.3 cm³/mol. The van der Waals surface area contributed by atoms with Gasteiger partial charge in [0.05, 0.1) is 11.3 Å². The summed E-state index contributed by atoms with van der Waals surface area (Å²) in [6, 6.07) is 12.5. The van der Waals surface area contributed by atoms with Gasteiger partial charge in [0.15, 0.2) is 0 Å². The van der Waals surface area contributed by atoms with E-state index < -0.39 is 10.8 Å². The smallest absolute Gasteiger partial charge is 0.282 e. The Morgan fingerprint density at radius 3 is 2.35 bits per heavy atom. The lowest BCUT2D eigenvalue weighted by atomic mass is 10.1. The van der Waals surface area contributed by atoms with Gasteiger partial charge >= 0.3 is 0 Å². The molecule has 0 unspecified atom stereocenters. The maximum atomic E-state index is 12.2. The SMILES string of the molecule is CNC(=O)Cc1ccc(NC(=O)c2ccccc2[N+](=O)[O-])cc1. The highest BCUT2D eigenvalue weighted by Crippen LogP contribution is 2.19. The van der Waals surface area contributed by atoms with E-state index in [1.54, 1.807) is 37.4 Å². The number of likely N-dealkylation sites (N-methyl/N-ethyl adjacent to an activating group) is 1. The van der Waals surface area contributed by atoms with Crippen molar-refractivity contribution in [3.8, 4) is 0 Å². The van der Waals surface area contributed by atoms with Crippen LogP contribution < -0.4 is 10.6 Å². The van der Waals surface area contributed by atoms with Crippen LogP contribution in [0.2, 0.25) is 0 Å². The van der Waals surface area contributed by atoms with E-state index in [9.17, 15) is 19.7 Å². The lowest BCUT2D eigenvalue weighted by Crippen LogP contribution is -2.19. The molecule has 0 fully saturated rings. The van der Waals surface area contributed by atoms with Crippen molar-refractivity contribution in [2.45, 2.75) is 6.42 Å². The minimum Gasteiger partial charge on any atom is -0.359 e. The molecule has 0 spiro atoms. The minimum atomic E-state index is -0.596. The van der Waals surface area contributed by atoms with Gasteiger partial charge in [0.25, 0.3) is 11.6 Å². The van der Waals surface area contributed by atoms with Gasteiger partial charge in [-0.2, -0.15) is 0 Å². The molecule has 0 bridgehead atoms. The first-order chi connectivity index (χ1) is 11.0. The van der Waals surface area contributed by atoms with Gasteiger partial charge in [-0.25, -0.2) is 0 Å². The average Bonchev–Trinajstić information content (AvgIpc) is 2.56. The first-order valence-corrected chi connectivity index (χ1v) is 6.85. The van der Waals surface area contributed by atoms with Crippen LogP contribution >= 0.6 is 0 Å². The van der Waals surface area contributed by atoms with Crippen molar-refractivity contribution in [2.24, 2.45) is 0 Å². The van der Waals surface area contributed by atoms with Crippen LogP contribution in [0.4, 0.5) is 11.4 Å². The Labute approximate surface area is 132 Å². The van der Waals surface area contributed by atoms with Crippen LogP contribution in [0.5, 0.6) is 0 Å². The second kappa shape index (κ2) is 7.17. The van der Waals surface area contributed by atoms with Crippen LogP contribution in [-0.2, 0) is 11.2 Å². The van der Waals surface area contributed by atoms with Crippen LogP contribution in [-0.4, -0.2) is 23.8 Å². The lowest BCUT2D eigenvalue weighted by Gasteiger charge is -2.07. The Bertz CT molecular complexity index is 741. The molecule has 2 rings (SSSR count). The number of rotatable bonds is 5. The summed E-state index contributed by atoms with van der Waals surface area (Å²) in [7, 11) is 1.56. The van der Waals surface area contributed by atoms with Gasteiger partial charge in [-0.05, 0) is 23.8 Å². The van der Waals surface area contributed by atoms with Crippen molar-refractivity contribution in [1.29, 1.82) is 0 Å². The summed E-state index contributed by atoms with van der Waals surface area (Å²) in [5.41, 5.74) is 1.04. The van der Waals surface area contributed by atoms with Crippen molar-refractivity contribution >= 4 is 23.2 Å². The lowest BCUT2D eigenvalue weighted by molar-refractivity contribution is -0.385. The Kier molecular flexibility index (Phi) is 5.03. The molecule has 0 saturated carbocycles. The maximum absolute atomic E-state index is 12.2. The van der Waals surface area contributed by atoms with Crippen molar-refractivity contribution in [1.82, 2.24) is 5.32 Å². The van der Waals surface area contributed by atoms with Gasteiger partial charge in [0.2, 0.25) is 5.91 Å². The molecule has 0 aliphatic heterocycles. The molecule has 0 atom stereocenters. The van der Waals surface area contributed by atoms with Gasteiger partial charge in [-0.15, -0.1) is 0 Å². The fraction of sp³-hybridized carbons (Fsp3) is 0.125. The van der Waals surface area contributed by atoms with Crippen LogP contribution in [0.3, 0.4) is 0 Å². The molecule has 0 saturated heterocycles. The Balaban J connectivity index is 2.12. The number of para-hydroxylation sites is 1. The van der Waals surface area contributed by atoms with Crippen LogP contribution in [0.15, 0.2) is 48.5 Å². The van der Waals surface area contributed by atoms with E-state index in [1.807, 2.05) is 0 Å². The van der Waals surface area contributed by atoms with Crippen molar-refractivity contribution < 1.29 is 14.5 Å². The molecule has 0 aliphatic carbocycles. The number of nitro benzene ring substituents is 1. The topological polar surface area (TPSA) is 101 Å². The zero-order valence-electron chi connectivity index (χ0n) is 12.4. The molecule has 0 aromatic heterocycles. The van der Waals surface area contributed by atoms with E-state index >= 15 is 0 Å². The number of anilines is 1. The molecule has 0 radical (unpaired) electrons. The second-order valence-electron chi connectivity index (χ2n) is 4.78. The summed E-state index contributed by atoms with van der Waals surface area (Å²) in [5, 5.41) is 16.1. The van der Waals surface area contributed by atoms with E-state index in [2.05, 4.69) is 10.6 Å². The second-order valence-corrected chi connectivity index (χ2v) is 4.78. The standard InChI is InChI=1S/C16H15N3O4/c1-17-15(20)10-11-6-8-12(9-7-11)18-16(21)13-4-2-3-5-14(13)19(22)23/h2-9H,10H2,1H3,(H,17,20)(H,18,21). The molecule has 23 heavy (non-hydrogen) atoms. The van der Waals surface area contributed by atoms with E-state index in [0.717, 1.165) is 5.56 Å². The molecule has 7 nitrogen and oxygen atoms in total.